The zero-order valence-electron chi connectivity index (χ0n) is 10.2. The largest absolute Gasteiger partial charge is 0.482 e. The fourth-order valence-electron chi connectivity index (χ4n) is 1.49. The normalized spacial score (nSPS) is 25.8. The maximum atomic E-state index is 11.5. The van der Waals surface area contributed by atoms with E-state index in [2.05, 4.69) is 4.74 Å². The summed E-state index contributed by atoms with van der Waals surface area (Å²) in [5.41, 5.74) is 0. The van der Waals surface area contributed by atoms with E-state index in [0.29, 0.717) is 0 Å². The van der Waals surface area contributed by atoms with Crippen molar-refractivity contribution < 1.29 is 33.3 Å². The van der Waals surface area contributed by atoms with Crippen LogP contribution in [0, 0.1) is 0 Å². The van der Waals surface area contributed by atoms with Crippen molar-refractivity contribution in [2.45, 2.75) is 32.2 Å². The molecule has 0 unspecified atom stereocenters. The molecule has 7 nitrogen and oxygen atoms in total. The van der Waals surface area contributed by atoms with E-state index in [-0.39, 0.29) is 0 Å². The molecular weight excluding hydrogens is 244 g/mol. The summed E-state index contributed by atoms with van der Waals surface area (Å²) in [6, 6.07) is 0. The lowest BCUT2D eigenvalue weighted by Gasteiger charge is -2.31. The number of esters is 3. The van der Waals surface area contributed by atoms with Gasteiger partial charge in [-0.1, -0.05) is 0 Å². The zero-order valence-corrected chi connectivity index (χ0v) is 10.2. The molecule has 0 radical (unpaired) electrons. The van der Waals surface area contributed by atoms with Crippen LogP contribution in [-0.2, 0) is 33.3 Å². The molecule has 18 heavy (non-hydrogen) atoms. The highest BCUT2D eigenvalue weighted by molar-refractivity contribution is 5.77. The van der Waals surface area contributed by atoms with E-state index < -0.39 is 36.2 Å². The average Bonchev–Trinajstić information content (AvgIpc) is 2.29. The Labute approximate surface area is 104 Å². The summed E-state index contributed by atoms with van der Waals surface area (Å²) in [6.07, 6.45) is -0.523. The first-order valence-corrected chi connectivity index (χ1v) is 5.20. The van der Waals surface area contributed by atoms with E-state index in [1.54, 1.807) is 0 Å². The summed E-state index contributed by atoms with van der Waals surface area (Å²) >= 11 is 0. The molecule has 1 aliphatic heterocycles. The van der Waals surface area contributed by atoms with Crippen molar-refractivity contribution in [3.63, 3.8) is 0 Å². The molecule has 1 rings (SSSR count). The average molecular weight is 258 g/mol. The van der Waals surface area contributed by atoms with Crippen LogP contribution in [-0.4, -0.2) is 43.3 Å². The third-order valence-electron chi connectivity index (χ3n) is 2.15. The van der Waals surface area contributed by atoms with Gasteiger partial charge in [-0.15, -0.1) is 0 Å². The Morgan fingerprint density at radius 2 is 1.72 bits per heavy atom. The zero-order chi connectivity index (χ0) is 13.7. The molecule has 1 heterocycles. The van der Waals surface area contributed by atoms with Crippen LogP contribution in [0.2, 0.25) is 0 Å². The topological polar surface area (TPSA) is 88.1 Å². The second-order valence-corrected chi connectivity index (χ2v) is 3.56. The Balaban J connectivity index is 2.91. The molecule has 0 saturated heterocycles. The Bertz CT molecular complexity index is 374. The SMILES string of the molecule is COC(=O)[C@H]1OC=C[C@H](OC(C)=O)[C@H]1OC(C)=O. The molecule has 0 amide bonds. The van der Waals surface area contributed by atoms with Crippen LogP contribution >= 0.6 is 0 Å². The number of methoxy groups -OCH3 is 1. The van der Waals surface area contributed by atoms with Gasteiger partial charge in [-0.25, -0.2) is 4.79 Å². The summed E-state index contributed by atoms with van der Waals surface area (Å²) in [7, 11) is 1.18. The first-order valence-electron chi connectivity index (χ1n) is 5.20. The molecule has 7 heteroatoms. The van der Waals surface area contributed by atoms with Crippen LogP contribution in [0.25, 0.3) is 0 Å². The monoisotopic (exact) mass is 258 g/mol. The van der Waals surface area contributed by atoms with Crippen LogP contribution in [0.5, 0.6) is 0 Å². The van der Waals surface area contributed by atoms with Gasteiger partial charge in [-0.2, -0.15) is 0 Å². The molecule has 0 spiro atoms. The minimum atomic E-state index is -1.16. The molecule has 0 saturated carbocycles. The van der Waals surface area contributed by atoms with Crippen LogP contribution in [0.4, 0.5) is 0 Å². The highest BCUT2D eigenvalue weighted by Gasteiger charge is 2.42. The summed E-state index contributed by atoms with van der Waals surface area (Å²) in [4.78, 5) is 33.4. The molecule has 0 aliphatic carbocycles. The number of hydrogen-bond donors (Lipinski definition) is 0. The van der Waals surface area contributed by atoms with Gasteiger partial charge in [0.1, 0.15) is 0 Å². The standard InChI is InChI=1S/C11H14O7/c1-6(12)17-8-4-5-16-10(11(14)15-3)9(8)18-7(2)13/h4-5,8-10H,1-3H3/t8-,9+,10-/m0/s1. The molecule has 0 aromatic carbocycles. The van der Waals surface area contributed by atoms with E-state index in [0.717, 1.165) is 0 Å². The van der Waals surface area contributed by atoms with E-state index >= 15 is 0 Å². The van der Waals surface area contributed by atoms with Crippen LogP contribution < -0.4 is 0 Å². The predicted octanol–water partition coefficient (Wildman–Crippen LogP) is -0.0647. The second-order valence-electron chi connectivity index (χ2n) is 3.56. The minimum absolute atomic E-state index is 0.563. The van der Waals surface area contributed by atoms with Crippen molar-refractivity contribution in [2.75, 3.05) is 7.11 Å². The fourth-order valence-corrected chi connectivity index (χ4v) is 1.49. The lowest BCUT2D eigenvalue weighted by molar-refractivity contribution is -0.183. The van der Waals surface area contributed by atoms with Gasteiger partial charge >= 0.3 is 17.9 Å². The van der Waals surface area contributed by atoms with E-state index in [1.807, 2.05) is 0 Å². The maximum Gasteiger partial charge on any atom is 0.351 e. The van der Waals surface area contributed by atoms with Crippen molar-refractivity contribution in [3.05, 3.63) is 12.3 Å². The van der Waals surface area contributed by atoms with Crippen molar-refractivity contribution in [1.82, 2.24) is 0 Å². The lowest BCUT2D eigenvalue weighted by Crippen LogP contribution is -2.49. The van der Waals surface area contributed by atoms with Gasteiger partial charge in [-0.3, -0.25) is 9.59 Å². The van der Waals surface area contributed by atoms with Crippen molar-refractivity contribution >= 4 is 17.9 Å². The summed E-state index contributed by atoms with van der Waals surface area (Å²) in [5.74, 6) is -1.90. The van der Waals surface area contributed by atoms with E-state index in [4.69, 9.17) is 14.2 Å². The minimum Gasteiger partial charge on any atom is -0.482 e. The highest BCUT2D eigenvalue weighted by atomic mass is 16.6. The summed E-state index contributed by atoms with van der Waals surface area (Å²) in [6.45, 7) is 2.39. The highest BCUT2D eigenvalue weighted by Crippen LogP contribution is 2.20. The molecule has 0 N–H and O–H groups in total. The Morgan fingerprint density at radius 3 is 2.22 bits per heavy atom. The molecule has 0 aromatic heterocycles. The van der Waals surface area contributed by atoms with Crippen molar-refractivity contribution in [1.29, 1.82) is 0 Å². The molecular formula is C11H14O7. The first-order chi connectivity index (χ1) is 8.45. The number of hydrogen-bond acceptors (Lipinski definition) is 7. The second kappa shape index (κ2) is 6.04. The number of carbonyl (C=O) groups excluding carboxylic acids is 3. The number of ether oxygens (including phenoxy) is 4. The van der Waals surface area contributed by atoms with Crippen LogP contribution in [0.1, 0.15) is 13.8 Å². The molecule has 3 atom stereocenters. The van der Waals surface area contributed by atoms with Gasteiger partial charge < -0.3 is 18.9 Å². The smallest absolute Gasteiger partial charge is 0.351 e. The van der Waals surface area contributed by atoms with Gasteiger partial charge in [-0.05, 0) is 6.08 Å². The molecule has 0 bridgehead atoms. The molecule has 0 aromatic rings. The number of rotatable bonds is 3. The molecule has 0 fully saturated rings. The van der Waals surface area contributed by atoms with Crippen LogP contribution in [0.15, 0.2) is 12.3 Å². The quantitative estimate of drug-likeness (QED) is 0.517. The van der Waals surface area contributed by atoms with E-state index in [1.165, 1.54) is 33.3 Å². The first kappa shape index (κ1) is 14.0. The number of carbonyl (C=O) groups is 3. The molecule has 100 valence electrons. The van der Waals surface area contributed by atoms with E-state index in [9.17, 15) is 14.4 Å². The van der Waals surface area contributed by atoms with Gasteiger partial charge in [0.05, 0.1) is 13.4 Å². The van der Waals surface area contributed by atoms with Crippen molar-refractivity contribution in [3.8, 4) is 0 Å². The van der Waals surface area contributed by atoms with Crippen LogP contribution in [0.3, 0.4) is 0 Å². The third-order valence-corrected chi connectivity index (χ3v) is 2.15. The van der Waals surface area contributed by atoms with Gasteiger partial charge in [0.25, 0.3) is 0 Å². The van der Waals surface area contributed by atoms with Gasteiger partial charge in [0, 0.05) is 13.8 Å². The Hall–Kier alpha value is -2.05. The maximum absolute atomic E-state index is 11.5. The molecule has 1 aliphatic rings. The van der Waals surface area contributed by atoms with Gasteiger partial charge in [0.15, 0.2) is 12.2 Å². The van der Waals surface area contributed by atoms with Gasteiger partial charge in [0.2, 0.25) is 6.10 Å². The fraction of sp³-hybridized carbons (Fsp3) is 0.545. The lowest BCUT2D eigenvalue weighted by atomic mass is 10.1. The Kier molecular flexibility index (Phi) is 4.70. The summed E-state index contributed by atoms with van der Waals surface area (Å²) in [5, 5.41) is 0. The Morgan fingerprint density at radius 1 is 1.11 bits per heavy atom. The summed E-state index contributed by atoms with van der Waals surface area (Å²) < 4.78 is 19.4. The van der Waals surface area contributed by atoms with Crippen molar-refractivity contribution in [2.24, 2.45) is 0 Å². The third kappa shape index (κ3) is 3.47. The predicted molar refractivity (Wildman–Crippen MR) is 57.1 cm³/mol.